The molecule has 26 heavy (non-hydrogen) atoms. The van der Waals surface area contributed by atoms with Crippen molar-refractivity contribution in [3.05, 3.63) is 53.1 Å². The molecule has 1 aromatic heterocycles. The van der Waals surface area contributed by atoms with E-state index in [1.165, 1.54) is 12.1 Å². The number of aromatic nitrogens is 2. The van der Waals surface area contributed by atoms with Crippen LogP contribution >= 0.6 is 11.6 Å². The fourth-order valence-electron chi connectivity index (χ4n) is 3.22. The molecule has 1 N–H and O–H groups in total. The maximum absolute atomic E-state index is 13.5. The Morgan fingerprint density at radius 3 is 2.77 bits per heavy atom. The van der Waals surface area contributed by atoms with Gasteiger partial charge in [0, 0.05) is 37.9 Å². The monoisotopic (exact) mass is 377 g/mol. The molecule has 0 spiro atoms. The van der Waals surface area contributed by atoms with E-state index >= 15 is 0 Å². The minimum atomic E-state index is -0.491. The zero-order valence-electron chi connectivity index (χ0n) is 14.7. The normalized spacial score (nSPS) is 19.8. The summed E-state index contributed by atoms with van der Waals surface area (Å²) in [6, 6.07) is 5.43. The number of rotatable bonds is 5. The fourth-order valence-corrected chi connectivity index (χ4v) is 3.43. The average Bonchev–Trinajstić information content (AvgIpc) is 2.99. The highest BCUT2D eigenvalue weighted by atomic mass is 35.5. The van der Waals surface area contributed by atoms with Crippen molar-refractivity contribution in [3.63, 3.8) is 0 Å². The van der Waals surface area contributed by atoms with Crippen LogP contribution < -0.4 is 10.2 Å². The number of hydrogen-bond acceptors (Lipinski definition) is 5. The third-order valence-corrected chi connectivity index (χ3v) is 4.69. The van der Waals surface area contributed by atoms with Gasteiger partial charge in [0.05, 0.1) is 16.6 Å². The lowest BCUT2D eigenvalue weighted by molar-refractivity contribution is 0.0927. The van der Waals surface area contributed by atoms with Gasteiger partial charge in [-0.1, -0.05) is 11.6 Å². The molecular formula is C18H21ClFN5O. The number of nitrogens with zero attached hydrogens (tertiary/aromatic N) is 4. The van der Waals surface area contributed by atoms with E-state index in [1.54, 1.807) is 18.5 Å². The van der Waals surface area contributed by atoms with Gasteiger partial charge in [0.15, 0.2) is 0 Å². The Morgan fingerprint density at radius 1 is 1.35 bits per heavy atom. The molecule has 1 aliphatic rings. The van der Waals surface area contributed by atoms with Crippen molar-refractivity contribution in [2.75, 3.05) is 38.6 Å². The van der Waals surface area contributed by atoms with Gasteiger partial charge in [0.1, 0.15) is 5.82 Å². The number of halogens is 2. The Bertz CT molecular complexity index is 773. The van der Waals surface area contributed by atoms with Crippen LogP contribution in [-0.2, 0) is 0 Å². The molecule has 3 rings (SSSR count). The molecule has 0 saturated carbocycles. The van der Waals surface area contributed by atoms with Gasteiger partial charge >= 0.3 is 0 Å². The average molecular weight is 378 g/mol. The molecule has 2 atom stereocenters. The predicted molar refractivity (Wildman–Crippen MR) is 99.0 cm³/mol. The van der Waals surface area contributed by atoms with Crippen LogP contribution in [0.2, 0.25) is 5.02 Å². The smallest absolute Gasteiger partial charge is 0.253 e. The molecule has 1 saturated heterocycles. The molecule has 6 nitrogen and oxygen atoms in total. The Balaban J connectivity index is 1.77. The van der Waals surface area contributed by atoms with Crippen LogP contribution in [0.15, 0.2) is 36.7 Å². The van der Waals surface area contributed by atoms with Crippen molar-refractivity contribution in [1.82, 2.24) is 20.2 Å². The van der Waals surface area contributed by atoms with Gasteiger partial charge in [0.25, 0.3) is 5.91 Å². The van der Waals surface area contributed by atoms with E-state index < -0.39 is 5.82 Å². The first-order valence-corrected chi connectivity index (χ1v) is 8.74. The van der Waals surface area contributed by atoms with Crippen LogP contribution in [0.25, 0.3) is 0 Å². The zero-order chi connectivity index (χ0) is 18.7. The van der Waals surface area contributed by atoms with Crippen molar-refractivity contribution in [2.45, 2.75) is 6.04 Å². The summed E-state index contributed by atoms with van der Waals surface area (Å²) in [6.45, 7) is 2.11. The molecule has 1 fully saturated rings. The van der Waals surface area contributed by atoms with Crippen LogP contribution in [0.4, 0.5) is 10.3 Å². The van der Waals surface area contributed by atoms with Crippen molar-refractivity contribution in [1.29, 1.82) is 0 Å². The lowest BCUT2D eigenvalue weighted by Crippen LogP contribution is -2.43. The fraction of sp³-hybridized carbons (Fsp3) is 0.389. The van der Waals surface area contributed by atoms with E-state index in [2.05, 4.69) is 20.2 Å². The maximum atomic E-state index is 13.5. The summed E-state index contributed by atoms with van der Waals surface area (Å²) < 4.78 is 13.5. The van der Waals surface area contributed by atoms with Gasteiger partial charge in [-0.15, -0.1) is 0 Å². The SMILES string of the molecule is CN(C)C[C@@H]1CN(c2ncccn2)C[C@H]1NC(=O)c1cc(F)ccc1Cl. The van der Waals surface area contributed by atoms with Crippen LogP contribution in [-0.4, -0.2) is 60.5 Å². The van der Waals surface area contributed by atoms with Crippen molar-refractivity contribution in [3.8, 4) is 0 Å². The van der Waals surface area contributed by atoms with E-state index in [0.29, 0.717) is 12.5 Å². The number of carbonyl (C=O) groups excluding carboxylic acids is 1. The summed E-state index contributed by atoms with van der Waals surface area (Å²) in [5.74, 6) is -0.0453. The van der Waals surface area contributed by atoms with Crippen molar-refractivity contribution >= 4 is 23.5 Å². The second kappa shape index (κ2) is 7.97. The second-order valence-electron chi connectivity index (χ2n) is 6.68. The van der Waals surface area contributed by atoms with Crippen molar-refractivity contribution in [2.24, 2.45) is 5.92 Å². The van der Waals surface area contributed by atoms with Crippen LogP contribution in [0.1, 0.15) is 10.4 Å². The molecular weight excluding hydrogens is 357 g/mol. The predicted octanol–water partition coefficient (Wildman–Crippen LogP) is 2.07. The molecule has 2 aromatic rings. The summed E-state index contributed by atoms with van der Waals surface area (Å²) >= 11 is 6.06. The Kier molecular flexibility index (Phi) is 5.68. The van der Waals surface area contributed by atoms with Crippen LogP contribution in [0, 0.1) is 11.7 Å². The molecule has 0 unspecified atom stereocenters. The second-order valence-corrected chi connectivity index (χ2v) is 7.09. The molecule has 1 amide bonds. The largest absolute Gasteiger partial charge is 0.347 e. The first-order valence-electron chi connectivity index (χ1n) is 8.36. The minimum absolute atomic E-state index is 0.118. The molecule has 8 heteroatoms. The molecule has 2 heterocycles. The molecule has 0 radical (unpaired) electrons. The number of hydrogen-bond donors (Lipinski definition) is 1. The van der Waals surface area contributed by atoms with E-state index in [1.807, 2.05) is 19.0 Å². The Hall–Kier alpha value is -2.25. The van der Waals surface area contributed by atoms with Gasteiger partial charge in [-0.3, -0.25) is 4.79 Å². The number of nitrogens with one attached hydrogen (secondary N) is 1. The molecule has 0 bridgehead atoms. The highest BCUT2D eigenvalue weighted by Crippen LogP contribution is 2.23. The lowest BCUT2D eigenvalue weighted by atomic mass is 10.0. The number of amides is 1. The Labute approximate surface area is 157 Å². The van der Waals surface area contributed by atoms with Crippen molar-refractivity contribution < 1.29 is 9.18 Å². The van der Waals surface area contributed by atoms with Gasteiger partial charge in [-0.2, -0.15) is 0 Å². The highest BCUT2D eigenvalue weighted by Gasteiger charge is 2.35. The standard InChI is InChI=1S/C18H21ClFN5O/c1-24(2)9-12-10-25(18-21-6-3-7-22-18)11-16(12)23-17(26)14-8-13(20)4-5-15(14)19/h3-8,12,16H,9-11H2,1-2H3,(H,23,26)/t12-,16-/m1/s1. The summed E-state index contributed by atoms with van der Waals surface area (Å²) in [7, 11) is 3.98. The zero-order valence-corrected chi connectivity index (χ0v) is 15.4. The molecule has 138 valence electrons. The molecule has 1 aromatic carbocycles. The minimum Gasteiger partial charge on any atom is -0.347 e. The van der Waals surface area contributed by atoms with Gasteiger partial charge in [-0.05, 0) is 38.4 Å². The lowest BCUT2D eigenvalue weighted by Gasteiger charge is -2.22. The summed E-state index contributed by atoms with van der Waals surface area (Å²) in [5.41, 5.74) is 0.143. The number of carbonyl (C=O) groups is 1. The number of anilines is 1. The topological polar surface area (TPSA) is 61.4 Å². The molecule has 1 aliphatic heterocycles. The Morgan fingerprint density at radius 2 is 2.08 bits per heavy atom. The third-order valence-electron chi connectivity index (χ3n) is 4.37. The van der Waals surface area contributed by atoms with E-state index in [4.69, 9.17) is 11.6 Å². The number of benzene rings is 1. The maximum Gasteiger partial charge on any atom is 0.253 e. The quantitative estimate of drug-likeness (QED) is 0.864. The van der Waals surface area contributed by atoms with Gasteiger partial charge in [0.2, 0.25) is 5.95 Å². The summed E-state index contributed by atoms with van der Waals surface area (Å²) in [4.78, 5) is 25.3. The van der Waals surface area contributed by atoms with Gasteiger partial charge in [-0.25, -0.2) is 14.4 Å². The van der Waals surface area contributed by atoms with Gasteiger partial charge < -0.3 is 15.1 Å². The first kappa shape index (κ1) is 18.5. The summed E-state index contributed by atoms with van der Waals surface area (Å²) in [5, 5.41) is 3.24. The van der Waals surface area contributed by atoms with E-state index in [9.17, 15) is 9.18 Å². The first-order chi connectivity index (χ1) is 12.4. The van der Waals surface area contributed by atoms with E-state index in [0.717, 1.165) is 19.2 Å². The van der Waals surface area contributed by atoms with Crippen LogP contribution in [0.5, 0.6) is 0 Å². The van der Waals surface area contributed by atoms with E-state index in [-0.39, 0.29) is 28.5 Å². The summed E-state index contributed by atoms with van der Waals surface area (Å²) in [6.07, 6.45) is 3.39. The molecule has 0 aliphatic carbocycles. The highest BCUT2D eigenvalue weighted by molar-refractivity contribution is 6.33. The van der Waals surface area contributed by atoms with Crippen LogP contribution in [0.3, 0.4) is 0 Å². The third kappa shape index (κ3) is 4.28.